The Labute approximate surface area is 629 Å². The van der Waals surface area contributed by atoms with Crippen molar-refractivity contribution >= 4 is 59.1 Å². The van der Waals surface area contributed by atoms with Gasteiger partial charge in [-0.1, -0.05) is 155 Å². The maximum absolute atomic E-state index is 13.4. The van der Waals surface area contributed by atoms with Crippen LogP contribution < -0.4 is 5.73 Å². The molecule has 8 rings (SSSR count). The zero-order valence-corrected chi connectivity index (χ0v) is 66.5. The molecule has 4 N–H and O–H groups in total. The Morgan fingerprint density at radius 1 is 0.629 bits per heavy atom. The molecule has 17 atom stereocenters. The maximum atomic E-state index is 13.4. The number of amides is 4. The number of carbonyl (C=O) groups excluding carboxylic acids is 9. The number of Topliss-reactive ketones (excluding diaryl/α,β-unsaturated/α-hetero) is 2. The summed E-state index contributed by atoms with van der Waals surface area (Å²) in [6, 6.07) is 7.80. The van der Waals surface area contributed by atoms with Crippen LogP contribution in [0, 0.1) is 87.3 Å². The monoisotopic (exact) mass is 1460 g/mol. The zero-order valence-electron chi connectivity index (χ0n) is 66.5. The molecular weight excluding hydrogens is 1330 g/mol. The molecule has 0 aromatic heterocycles. The van der Waals surface area contributed by atoms with Gasteiger partial charge in [-0.3, -0.25) is 43.2 Å². The summed E-state index contributed by atoms with van der Waals surface area (Å²) in [6.07, 6.45) is 26.9. The first kappa shape index (κ1) is 90.3. The van der Waals surface area contributed by atoms with Gasteiger partial charge in [0.05, 0.1) is 69.9 Å². The lowest BCUT2D eigenvalue weighted by atomic mass is 9.89. The number of benzene rings is 1. The number of unbranched alkanes of at least 4 members (excludes halogenated alkanes) is 2. The number of rotatable bonds is 27. The quantitative estimate of drug-likeness (QED) is 0.0319. The van der Waals surface area contributed by atoms with E-state index in [-0.39, 0.29) is 142 Å². The van der Waals surface area contributed by atoms with Gasteiger partial charge in [0.2, 0.25) is 23.6 Å². The number of likely N-dealkylation sites (N-methyl/N-ethyl adjacent to an activating group) is 1. The molecule has 4 amide bonds. The van der Waals surface area contributed by atoms with Crippen LogP contribution in [-0.2, 0) is 62.2 Å². The number of hydrogen-bond acceptors (Lipinski definition) is 15. The Morgan fingerprint density at radius 3 is 1.59 bits per heavy atom. The number of methoxy groups -OCH3 is 3. The number of ether oxygens (including phenoxy) is 3. The van der Waals surface area contributed by atoms with E-state index in [0.717, 1.165) is 102 Å². The van der Waals surface area contributed by atoms with Gasteiger partial charge < -0.3 is 49.8 Å². The summed E-state index contributed by atoms with van der Waals surface area (Å²) in [4.78, 5) is 131. The highest BCUT2D eigenvalue weighted by atomic mass is 16.5. The number of piperidine rings is 3. The fraction of sp³-hybridized carbons (Fsp3) is 0.694. The van der Waals surface area contributed by atoms with Gasteiger partial charge in [-0.25, -0.2) is 4.79 Å². The van der Waals surface area contributed by atoms with E-state index >= 15 is 0 Å². The first-order valence-electron chi connectivity index (χ1n) is 38.8. The summed E-state index contributed by atoms with van der Waals surface area (Å²) in [5.41, 5.74) is 6.41. The van der Waals surface area contributed by atoms with E-state index in [1.807, 2.05) is 79.1 Å². The first-order valence-corrected chi connectivity index (χ1v) is 38.8. The molecule has 4 aliphatic heterocycles. The number of fused-ring (bicyclic) bond motifs is 5. The van der Waals surface area contributed by atoms with Crippen LogP contribution in [-0.4, -0.2) is 168 Å². The first-order chi connectivity index (χ1) is 49.6. The van der Waals surface area contributed by atoms with Crippen LogP contribution in [0.5, 0.6) is 0 Å². The molecule has 1 aromatic rings. The Kier molecular flexibility index (Phi) is 36.5. The Hall–Kier alpha value is -7.06. The number of carboxylic acid groups (broad SMARTS) is 1. The van der Waals surface area contributed by atoms with Crippen molar-refractivity contribution in [2.75, 3.05) is 54.6 Å². The highest BCUT2D eigenvalue weighted by molar-refractivity contribution is 5.95. The number of nitrogens with zero attached hydrogens (tertiary/aromatic N) is 4. The van der Waals surface area contributed by atoms with Crippen molar-refractivity contribution in [3.8, 4) is 0 Å². The summed E-state index contributed by atoms with van der Waals surface area (Å²) >= 11 is 0. The van der Waals surface area contributed by atoms with E-state index in [4.69, 9.17) is 25.1 Å². The van der Waals surface area contributed by atoms with Crippen molar-refractivity contribution in [2.24, 2.45) is 93.0 Å². The Morgan fingerprint density at radius 2 is 1.10 bits per heavy atom. The minimum absolute atomic E-state index is 0.0106. The number of hydrogen-bond donors (Lipinski definition) is 3. The molecule has 7 aliphatic rings. The SMILES string of the molecule is C=CCCCC[C@H](CC(=O)[C@@H]1C2C(CN1C(=O)[C@@H](C)CCC=C)C2(C)C)C(=O)OC.C=CCC[C@H](C)C(=O)N1CC2C([C@H]1C(=O)OC)C2(C)C.C=CCC[C@H](C)C(=O)O.COC(=O)[C@@H]1CCCCC=CCCCC[C@H](C)C(=O)N2CC3C([C@H]2C(=O)C1)C3(C)C.C[C@H]([C@H](O)c1ccccc1)N(C)C(=O)CN. The van der Waals surface area contributed by atoms with E-state index in [9.17, 15) is 53.1 Å². The number of carboxylic acids is 1. The third-order valence-electron chi connectivity index (χ3n) is 24.2. The molecule has 20 heteroatoms. The molecule has 588 valence electrons. The van der Waals surface area contributed by atoms with Crippen molar-refractivity contribution in [1.82, 2.24) is 19.6 Å². The summed E-state index contributed by atoms with van der Waals surface area (Å²) in [5.74, 6) is -0.961. The molecule has 4 heterocycles. The Balaban J connectivity index is 0.000000292. The van der Waals surface area contributed by atoms with Crippen molar-refractivity contribution < 1.29 is 72.4 Å². The third-order valence-corrected chi connectivity index (χ3v) is 24.2. The van der Waals surface area contributed by atoms with Gasteiger partial charge >= 0.3 is 23.9 Å². The second kappa shape index (κ2) is 42.5. The summed E-state index contributed by atoms with van der Waals surface area (Å²) in [6.45, 7) is 39.1. The summed E-state index contributed by atoms with van der Waals surface area (Å²) in [7, 11) is 5.81. The van der Waals surface area contributed by atoms with Crippen LogP contribution >= 0.6 is 0 Å². The molecule has 105 heavy (non-hydrogen) atoms. The molecular formula is C85H133N5O15. The van der Waals surface area contributed by atoms with Crippen LogP contribution in [0.2, 0.25) is 0 Å². The van der Waals surface area contributed by atoms with Crippen molar-refractivity contribution in [1.29, 1.82) is 0 Å². The van der Waals surface area contributed by atoms with Crippen molar-refractivity contribution in [3.63, 3.8) is 0 Å². The van der Waals surface area contributed by atoms with Crippen molar-refractivity contribution in [2.45, 2.75) is 235 Å². The van der Waals surface area contributed by atoms with E-state index in [1.165, 1.54) is 26.2 Å². The molecule has 3 saturated carbocycles. The molecule has 6 fully saturated rings. The number of aliphatic hydroxyl groups is 1. The molecule has 20 nitrogen and oxygen atoms in total. The highest BCUT2D eigenvalue weighted by Crippen LogP contribution is 2.67. The minimum atomic E-state index is -0.725. The lowest BCUT2D eigenvalue weighted by Crippen LogP contribution is -2.48. The van der Waals surface area contributed by atoms with Gasteiger partial charge in [0.15, 0.2) is 11.6 Å². The average molecular weight is 1470 g/mol. The second-order valence-electron chi connectivity index (χ2n) is 32.4. The molecule has 3 aliphatic carbocycles. The Bertz CT molecular complexity index is 3120. The van der Waals surface area contributed by atoms with Crippen LogP contribution in [0.4, 0.5) is 0 Å². The highest BCUT2D eigenvalue weighted by Gasteiger charge is 2.71. The van der Waals surface area contributed by atoms with E-state index in [0.29, 0.717) is 56.7 Å². The number of esters is 3. The molecule has 6 unspecified atom stereocenters. The standard InChI is InChI=1S/2C25H39NO4.C16H25NO3.C12H18N2O2.C7H12O2/c1-17-13-11-9-7-5-6-8-10-12-14-18(24(29)30-4)15-20(27)22-21-19(25(21,2)3)16-26(22)23(17)28;1-7-9-11-12-14-18(24(29)30-6)15-20(27)22-21-19(25(21,4)5)16-26(22)23(28)17(3)13-10-8-2;1-6-7-8-10(2)14(18)17-9-11-12(16(11,3)4)13(17)15(19)20-5;1-9(14(2)11(15)8-13)12(16)10-6-4-3-5-7-10;1-3-4-5-6(2)7(8)9/h5-6,17-19,21-22H,7-16H2,1-4H3;7-8,17-19,21-22H,1-2,9-16H2,3-6H3;6,10-13H,1,7-9H2,2-5H3;3-7,9,12,16H,8,13H2,1-2H3;3,6H,1,4-5H2,2H3,(H,8,9)/t2*17-,18+,19?,21?,22+;10-,11?,12?,13-;9-,12+;6-/m00010/s1. The van der Waals surface area contributed by atoms with Gasteiger partial charge in [0.1, 0.15) is 6.04 Å². The normalized spacial score (nSPS) is 26.7. The maximum Gasteiger partial charge on any atom is 0.328 e. The average Bonchev–Trinajstić information content (AvgIpc) is 1.54. The molecule has 0 spiro atoms. The number of carbonyl (C=O) groups is 10. The minimum Gasteiger partial charge on any atom is -0.481 e. The predicted molar refractivity (Wildman–Crippen MR) is 411 cm³/mol. The number of aliphatic carboxylic acids is 1. The summed E-state index contributed by atoms with van der Waals surface area (Å²) in [5, 5.41) is 18.4. The fourth-order valence-electron chi connectivity index (χ4n) is 16.6. The number of likely N-dealkylation sites (tertiary alicyclic amines) is 2. The molecule has 0 bridgehead atoms. The lowest BCUT2D eigenvalue weighted by Gasteiger charge is -2.32. The molecule has 3 saturated heterocycles. The van der Waals surface area contributed by atoms with Gasteiger partial charge in [-0.05, 0) is 155 Å². The predicted octanol–water partition coefficient (Wildman–Crippen LogP) is 13.6. The molecule has 0 radical (unpaired) electrons. The largest absolute Gasteiger partial charge is 0.481 e. The number of allylic oxidation sites excluding steroid dienone is 6. The lowest BCUT2D eigenvalue weighted by molar-refractivity contribution is -0.154. The van der Waals surface area contributed by atoms with Crippen LogP contribution in [0.15, 0.2) is 93.1 Å². The van der Waals surface area contributed by atoms with Crippen LogP contribution in [0.1, 0.15) is 216 Å². The van der Waals surface area contributed by atoms with Crippen LogP contribution in [0.25, 0.3) is 0 Å². The molecule has 1 aromatic carbocycles. The fourth-order valence-corrected chi connectivity index (χ4v) is 16.6. The summed E-state index contributed by atoms with van der Waals surface area (Å²) < 4.78 is 14.9. The third kappa shape index (κ3) is 24.2. The van der Waals surface area contributed by atoms with E-state index in [1.54, 1.807) is 31.9 Å². The number of aliphatic hydroxyl groups excluding tert-OH is 1. The van der Waals surface area contributed by atoms with Crippen molar-refractivity contribution in [3.05, 3.63) is 98.7 Å². The number of ketones is 2. The zero-order chi connectivity index (χ0) is 78.8. The smallest absolute Gasteiger partial charge is 0.328 e. The van der Waals surface area contributed by atoms with E-state index < -0.39 is 36.0 Å². The van der Waals surface area contributed by atoms with Gasteiger partial charge in [-0.15, -0.1) is 26.3 Å². The number of nitrogens with two attached hydrogens (primary N) is 1. The topological polar surface area (TPSA) is 278 Å². The van der Waals surface area contributed by atoms with Gasteiger partial charge in [0, 0.05) is 63.2 Å². The van der Waals surface area contributed by atoms with Crippen LogP contribution in [0.3, 0.4) is 0 Å². The van der Waals surface area contributed by atoms with E-state index in [2.05, 4.69) is 80.0 Å². The van der Waals surface area contributed by atoms with Gasteiger partial charge in [-0.2, -0.15) is 0 Å². The second-order valence-corrected chi connectivity index (χ2v) is 32.4. The van der Waals surface area contributed by atoms with Gasteiger partial charge in [0.25, 0.3) is 0 Å².